The lowest BCUT2D eigenvalue weighted by atomic mass is 9.82. The molecule has 0 radical (unpaired) electrons. The summed E-state index contributed by atoms with van der Waals surface area (Å²) in [5, 5.41) is 12.0. The molecular formula is C17H21F2NO3. The number of benzene rings is 1. The van der Waals surface area contributed by atoms with Crippen molar-refractivity contribution in [2.45, 2.75) is 39.0 Å². The van der Waals surface area contributed by atoms with Crippen LogP contribution in [0.25, 0.3) is 0 Å². The number of carbonyl (C=O) groups is 2. The highest BCUT2D eigenvalue weighted by molar-refractivity contribution is 5.84. The summed E-state index contributed by atoms with van der Waals surface area (Å²) in [6, 6.07) is 3.95. The van der Waals surface area contributed by atoms with Crippen molar-refractivity contribution in [3.8, 4) is 0 Å². The first-order valence-corrected chi connectivity index (χ1v) is 7.81. The molecule has 23 heavy (non-hydrogen) atoms. The number of halogens is 2. The third kappa shape index (κ3) is 3.35. The minimum atomic E-state index is -0.982. The van der Waals surface area contributed by atoms with Gasteiger partial charge in [0.25, 0.3) is 0 Å². The Morgan fingerprint density at radius 2 is 1.96 bits per heavy atom. The van der Waals surface area contributed by atoms with E-state index >= 15 is 0 Å². The van der Waals surface area contributed by atoms with Crippen molar-refractivity contribution in [3.63, 3.8) is 0 Å². The third-order valence-corrected chi connectivity index (χ3v) is 4.92. The Hall–Kier alpha value is -1.98. The van der Waals surface area contributed by atoms with Crippen molar-refractivity contribution >= 4 is 11.9 Å². The quantitative estimate of drug-likeness (QED) is 0.809. The van der Waals surface area contributed by atoms with Gasteiger partial charge in [0.2, 0.25) is 5.91 Å². The topological polar surface area (TPSA) is 66.4 Å². The van der Waals surface area contributed by atoms with Crippen LogP contribution in [0.3, 0.4) is 0 Å². The molecule has 6 heteroatoms. The SMILES string of the molecule is CCC(CC)(CNC(=O)C1CC1c1cccc(F)c1F)C(=O)O. The van der Waals surface area contributed by atoms with Crippen LogP contribution in [0.1, 0.15) is 44.6 Å². The summed E-state index contributed by atoms with van der Waals surface area (Å²) in [5.74, 6) is -3.83. The molecule has 0 bridgehead atoms. The molecule has 1 aliphatic carbocycles. The van der Waals surface area contributed by atoms with Crippen LogP contribution in [0.5, 0.6) is 0 Å². The highest BCUT2D eigenvalue weighted by Gasteiger charge is 2.46. The maximum absolute atomic E-state index is 13.7. The van der Waals surface area contributed by atoms with Crippen LogP contribution in [0.15, 0.2) is 18.2 Å². The number of carboxylic acids is 1. The average molecular weight is 325 g/mol. The number of rotatable bonds is 7. The van der Waals surface area contributed by atoms with Gasteiger partial charge in [-0.1, -0.05) is 26.0 Å². The first-order chi connectivity index (χ1) is 10.9. The van der Waals surface area contributed by atoms with Crippen molar-refractivity contribution in [2.75, 3.05) is 6.54 Å². The molecular weight excluding hydrogens is 304 g/mol. The minimum absolute atomic E-state index is 0.0447. The molecule has 1 aromatic carbocycles. The van der Waals surface area contributed by atoms with Gasteiger partial charge in [0.1, 0.15) is 0 Å². The Labute approximate surface area is 133 Å². The molecule has 0 heterocycles. The third-order valence-electron chi connectivity index (χ3n) is 4.92. The van der Waals surface area contributed by atoms with Gasteiger partial charge in [-0.3, -0.25) is 9.59 Å². The number of carboxylic acid groups (broad SMARTS) is 1. The molecule has 2 N–H and O–H groups in total. The summed E-state index contributed by atoms with van der Waals surface area (Å²) >= 11 is 0. The maximum atomic E-state index is 13.7. The fourth-order valence-electron chi connectivity index (χ4n) is 2.90. The zero-order valence-electron chi connectivity index (χ0n) is 13.2. The smallest absolute Gasteiger partial charge is 0.311 e. The van der Waals surface area contributed by atoms with E-state index < -0.39 is 28.9 Å². The Balaban J connectivity index is 1.99. The van der Waals surface area contributed by atoms with Crippen LogP contribution in [0.2, 0.25) is 0 Å². The van der Waals surface area contributed by atoms with E-state index in [1.54, 1.807) is 13.8 Å². The van der Waals surface area contributed by atoms with Gasteiger partial charge in [0, 0.05) is 12.5 Å². The van der Waals surface area contributed by atoms with Crippen molar-refractivity contribution in [1.29, 1.82) is 0 Å². The van der Waals surface area contributed by atoms with E-state index in [1.165, 1.54) is 12.1 Å². The highest BCUT2D eigenvalue weighted by atomic mass is 19.2. The van der Waals surface area contributed by atoms with E-state index in [4.69, 9.17) is 0 Å². The lowest BCUT2D eigenvalue weighted by Gasteiger charge is -2.26. The van der Waals surface area contributed by atoms with Crippen LogP contribution < -0.4 is 5.32 Å². The number of carbonyl (C=O) groups excluding carboxylic acids is 1. The van der Waals surface area contributed by atoms with E-state index in [-0.39, 0.29) is 23.9 Å². The molecule has 4 nitrogen and oxygen atoms in total. The van der Waals surface area contributed by atoms with Crippen LogP contribution in [0.4, 0.5) is 8.78 Å². The second-order valence-electron chi connectivity index (χ2n) is 6.10. The van der Waals surface area contributed by atoms with Gasteiger partial charge in [0.15, 0.2) is 11.6 Å². The molecule has 0 aromatic heterocycles. The molecule has 0 spiro atoms. The zero-order chi connectivity index (χ0) is 17.2. The minimum Gasteiger partial charge on any atom is -0.481 e. The molecule has 126 valence electrons. The molecule has 0 saturated heterocycles. The van der Waals surface area contributed by atoms with Gasteiger partial charge < -0.3 is 10.4 Å². The molecule has 1 saturated carbocycles. The average Bonchev–Trinajstić information content (AvgIpc) is 3.31. The van der Waals surface area contributed by atoms with E-state index in [2.05, 4.69) is 5.32 Å². The summed E-state index contributed by atoms with van der Waals surface area (Å²) in [6.45, 7) is 3.58. The summed E-state index contributed by atoms with van der Waals surface area (Å²) < 4.78 is 27.0. The summed E-state index contributed by atoms with van der Waals surface area (Å²) in [4.78, 5) is 23.6. The molecule has 0 aliphatic heterocycles. The molecule has 2 rings (SSSR count). The molecule has 2 atom stereocenters. The van der Waals surface area contributed by atoms with Gasteiger partial charge in [-0.2, -0.15) is 0 Å². The fraction of sp³-hybridized carbons (Fsp3) is 0.529. The summed E-state index contributed by atoms with van der Waals surface area (Å²) in [7, 11) is 0. The van der Waals surface area contributed by atoms with Crippen LogP contribution in [-0.2, 0) is 9.59 Å². The second kappa shape index (κ2) is 6.64. The molecule has 1 fully saturated rings. The van der Waals surface area contributed by atoms with E-state index in [0.717, 1.165) is 6.07 Å². The largest absolute Gasteiger partial charge is 0.481 e. The first kappa shape index (κ1) is 17.4. The number of amides is 1. The van der Waals surface area contributed by atoms with E-state index in [0.29, 0.717) is 19.3 Å². The Bertz CT molecular complexity index is 614. The van der Waals surface area contributed by atoms with Gasteiger partial charge in [-0.25, -0.2) is 8.78 Å². The molecule has 1 amide bonds. The second-order valence-corrected chi connectivity index (χ2v) is 6.10. The predicted octanol–water partition coefficient (Wildman–Crippen LogP) is 3.08. The Morgan fingerprint density at radius 3 is 2.52 bits per heavy atom. The number of aliphatic carboxylic acids is 1. The molecule has 1 aromatic rings. The highest BCUT2D eigenvalue weighted by Crippen LogP contribution is 2.48. The summed E-state index contributed by atoms with van der Waals surface area (Å²) in [5.41, 5.74) is -0.773. The van der Waals surface area contributed by atoms with Gasteiger partial charge in [-0.05, 0) is 36.8 Å². The van der Waals surface area contributed by atoms with E-state index in [1.807, 2.05) is 0 Å². The van der Waals surface area contributed by atoms with Crippen LogP contribution in [0, 0.1) is 23.0 Å². The predicted molar refractivity (Wildman–Crippen MR) is 80.9 cm³/mol. The molecule has 1 aliphatic rings. The van der Waals surface area contributed by atoms with Crippen molar-refractivity contribution < 1.29 is 23.5 Å². The van der Waals surface area contributed by atoms with Gasteiger partial charge in [0.05, 0.1) is 5.41 Å². The lowest BCUT2D eigenvalue weighted by molar-refractivity contribution is -0.149. The van der Waals surface area contributed by atoms with Crippen molar-refractivity contribution in [3.05, 3.63) is 35.4 Å². The monoisotopic (exact) mass is 325 g/mol. The normalized spacial score (nSPS) is 20.2. The zero-order valence-corrected chi connectivity index (χ0v) is 13.2. The van der Waals surface area contributed by atoms with Crippen molar-refractivity contribution in [2.24, 2.45) is 11.3 Å². The number of nitrogens with one attached hydrogen (secondary N) is 1. The first-order valence-electron chi connectivity index (χ1n) is 7.81. The van der Waals surface area contributed by atoms with Crippen LogP contribution in [-0.4, -0.2) is 23.5 Å². The summed E-state index contributed by atoms with van der Waals surface area (Å²) in [6.07, 6.45) is 1.27. The standard InChI is InChI=1S/C17H21F2NO3/c1-3-17(4-2,16(22)23)9-20-15(21)12-8-11(12)10-6-5-7-13(18)14(10)19/h5-7,11-12H,3-4,8-9H2,1-2H3,(H,20,21)(H,22,23). The number of hydrogen-bond acceptors (Lipinski definition) is 2. The van der Waals surface area contributed by atoms with Crippen molar-refractivity contribution in [1.82, 2.24) is 5.32 Å². The lowest BCUT2D eigenvalue weighted by Crippen LogP contribution is -2.43. The Morgan fingerprint density at radius 1 is 1.30 bits per heavy atom. The van der Waals surface area contributed by atoms with Crippen LogP contribution >= 0.6 is 0 Å². The maximum Gasteiger partial charge on any atom is 0.311 e. The fourth-order valence-corrected chi connectivity index (χ4v) is 2.90. The Kier molecular flexibility index (Phi) is 5.02. The molecule has 2 unspecified atom stereocenters. The number of hydrogen-bond donors (Lipinski definition) is 2. The van der Waals surface area contributed by atoms with Gasteiger partial charge >= 0.3 is 5.97 Å². The van der Waals surface area contributed by atoms with E-state index in [9.17, 15) is 23.5 Å². The van der Waals surface area contributed by atoms with Gasteiger partial charge in [-0.15, -0.1) is 0 Å².